The van der Waals surface area contributed by atoms with Gasteiger partial charge in [0.05, 0.1) is 19.8 Å². The minimum atomic E-state index is -0.175. The van der Waals surface area contributed by atoms with E-state index in [9.17, 15) is 0 Å². The predicted octanol–water partition coefficient (Wildman–Crippen LogP) is 0.861. The molecule has 0 saturated carbocycles. The van der Waals surface area contributed by atoms with E-state index in [1.165, 1.54) is 0 Å². The summed E-state index contributed by atoms with van der Waals surface area (Å²) in [6.07, 6.45) is 5.19. The number of terminal acetylenes is 1. The lowest BCUT2D eigenvalue weighted by Crippen LogP contribution is -2.01. The van der Waals surface area contributed by atoms with E-state index >= 15 is 0 Å². The van der Waals surface area contributed by atoms with E-state index in [4.69, 9.17) is 30.8 Å². The molecule has 0 fully saturated rings. The molecule has 132 valence electrons. The van der Waals surface area contributed by atoms with Crippen LogP contribution in [-0.2, 0) is 34.0 Å². The molecule has 0 aliphatic rings. The first kappa shape index (κ1) is 20.7. The average molecular weight is 342 g/mol. The third-order valence-electron chi connectivity index (χ3n) is 2.86. The summed E-state index contributed by atoms with van der Waals surface area (Å²) < 4.78 is 16.3. The van der Waals surface area contributed by atoms with Crippen LogP contribution in [0.3, 0.4) is 0 Å². The van der Waals surface area contributed by atoms with Gasteiger partial charge in [-0.25, -0.2) is 0 Å². The molecule has 0 aromatic heterocycles. The van der Waals surface area contributed by atoms with E-state index in [0.29, 0.717) is 19.8 Å². The SMILES string of the molecule is C#CCOCc1cc(COCC#CCO)cc(COCC#CCO)c1. The maximum absolute atomic E-state index is 8.60. The molecule has 1 aromatic rings. The Morgan fingerprint density at radius 1 is 0.680 bits per heavy atom. The molecule has 0 saturated heterocycles. The minimum Gasteiger partial charge on any atom is -0.384 e. The predicted molar refractivity (Wildman–Crippen MR) is 94.0 cm³/mol. The van der Waals surface area contributed by atoms with Crippen molar-refractivity contribution in [1.29, 1.82) is 0 Å². The van der Waals surface area contributed by atoms with Crippen molar-refractivity contribution in [3.05, 3.63) is 34.9 Å². The topological polar surface area (TPSA) is 68.2 Å². The first-order chi connectivity index (χ1) is 12.3. The van der Waals surface area contributed by atoms with Crippen LogP contribution in [0.5, 0.6) is 0 Å². The highest BCUT2D eigenvalue weighted by atomic mass is 16.5. The molecule has 0 atom stereocenters. The highest BCUT2D eigenvalue weighted by Gasteiger charge is 2.03. The van der Waals surface area contributed by atoms with E-state index < -0.39 is 0 Å². The van der Waals surface area contributed by atoms with Crippen LogP contribution in [-0.4, -0.2) is 43.2 Å². The molecule has 0 amide bonds. The Bertz CT molecular complexity index is 621. The van der Waals surface area contributed by atoms with Gasteiger partial charge in [-0.15, -0.1) is 6.42 Å². The monoisotopic (exact) mass is 342 g/mol. The summed E-state index contributed by atoms with van der Waals surface area (Å²) in [6.45, 7) is 1.58. The molecule has 1 rings (SSSR count). The largest absolute Gasteiger partial charge is 0.384 e. The molecule has 0 heterocycles. The van der Waals surface area contributed by atoms with E-state index in [1.807, 2.05) is 18.2 Å². The van der Waals surface area contributed by atoms with E-state index in [2.05, 4.69) is 29.6 Å². The number of hydrogen-bond donors (Lipinski definition) is 2. The van der Waals surface area contributed by atoms with E-state index in [-0.39, 0.29) is 33.0 Å². The maximum atomic E-state index is 8.60. The van der Waals surface area contributed by atoms with Gasteiger partial charge in [0.2, 0.25) is 0 Å². The number of benzene rings is 1. The molecule has 1 aromatic carbocycles. The number of ether oxygens (including phenoxy) is 3. The van der Waals surface area contributed by atoms with Crippen LogP contribution in [0.4, 0.5) is 0 Å². The molecule has 0 aliphatic heterocycles. The Hall–Kier alpha value is -2.30. The third kappa shape index (κ3) is 10.2. The summed E-state index contributed by atoms with van der Waals surface area (Å²) in [5.41, 5.74) is 2.90. The fourth-order valence-corrected chi connectivity index (χ4v) is 1.97. The van der Waals surface area contributed by atoms with Crippen molar-refractivity contribution >= 4 is 0 Å². The Balaban J connectivity index is 2.67. The fourth-order valence-electron chi connectivity index (χ4n) is 1.97. The van der Waals surface area contributed by atoms with Gasteiger partial charge in [-0.05, 0) is 16.7 Å². The second kappa shape index (κ2) is 14.1. The Labute approximate surface area is 148 Å². The molecule has 0 bridgehead atoms. The standard InChI is InChI=1S/C20H22O5/c1-2-9-23-15-18-12-19(16-24-10-5-3-7-21)14-20(13-18)17-25-11-6-4-8-22/h1,12-14,21-22H,7-11,15-17H2. The van der Waals surface area contributed by atoms with Crippen LogP contribution in [0.25, 0.3) is 0 Å². The first-order valence-corrected chi connectivity index (χ1v) is 7.71. The highest BCUT2D eigenvalue weighted by Crippen LogP contribution is 2.14. The summed E-state index contributed by atoms with van der Waals surface area (Å²) >= 11 is 0. The Morgan fingerprint density at radius 3 is 1.44 bits per heavy atom. The van der Waals surface area contributed by atoms with Crippen molar-refractivity contribution in [3.63, 3.8) is 0 Å². The summed E-state index contributed by atoms with van der Waals surface area (Å²) in [5, 5.41) is 17.2. The lowest BCUT2D eigenvalue weighted by Gasteiger charge is -2.10. The highest BCUT2D eigenvalue weighted by molar-refractivity contribution is 5.29. The summed E-state index contributed by atoms with van der Waals surface area (Å²) in [7, 11) is 0. The van der Waals surface area contributed by atoms with Crippen LogP contribution in [0.2, 0.25) is 0 Å². The molecule has 0 aliphatic carbocycles. The maximum Gasteiger partial charge on any atom is 0.108 e. The van der Waals surface area contributed by atoms with Gasteiger partial charge in [-0.1, -0.05) is 47.8 Å². The number of aliphatic hydroxyl groups is 2. The summed E-state index contributed by atoms with van der Waals surface area (Å²) in [6, 6.07) is 5.93. The van der Waals surface area contributed by atoms with Gasteiger partial charge in [0.1, 0.15) is 33.0 Å². The number of hydrogen-bond acceptors (Lipinski definition) is 5. The van der Waals surface area contributed by atoms with Gasteiger partial charge in [-0.2, -0.15) is 0 Å². The van der Waals surface area contributed by atoms with Crippen molar-refractivity contribution < 1.29 is 24.4 Å². The minimum absolute atomic E-state index is 0.175. The molecule has 0 radical (unpaired) electrons. The summed E-state index contributed by atoms with van der Waals surface area (Å²) in [5.74, 6) is 12.9. The average Bonchev–Trinajstić information content (AvgIpc) is 2.61. The molecular formula is C20H22O5. The first-order valence-electron chi connectivity index (χ1n) is 7.71. The van der Waals surface area contributed by atoms with Gasteiger partial charge in [-0.3, -0.25) is 0 Å². The zero-order valence-electron chi connectivity index (χ0n) is 14.1. The van der Waals surface area contributed by atoms with Gasteiger partial charge in [0.25, 0.3) is 0 Å². The van der Waals surface area contributed by atoms with Crippen LogP contribution in [0, 0.1) is 36.0 Å². The van der Waals surface area contributed by atoms with Crippen LogP contribution in [0.15, 0.2) is 18.2 Å². The molecule has 0 spiro atoms. The zero-order valence-corrected chi connectivity index (χ0v) is 14.1. The zero-order chi connectivity index (χ0) is 18.2. The van der Waals surface area contributed by atoms with Crippen LogP contribution < -0.4 is 0 Å². The lowest BCUT2D eigenvalue weighted by atomic mass is 10.1. The normalized spacial score (nSPS) is 9.48. The van der Waals surface area contributed by atoms with Crippen LogP contribution in [0.1, 0.15) is 16.7 Å². The van der Waals surface area contributed by atoms with Crippen molar-refractivity contribution in [2.75, 3.05) is 33.0 Å². The van der Waals surface area contributed by atoms with Gasteiger partial charge in [0, 0.05) is 0 Å². The second-order valence-corrected chi connectivity index (χ2v) is 4.86. The third-order valence-corrected chi connectivity index (χ3v) is 2.86. The molecule has 5 heteroatoms. The quantitative estimate of drug-likeness (QED) is 0.515. The number of aliphatic hydroxyl groups excluding tert-OH is 2. The Kier molecular flexibility index (Phi) is 11.7. The number of rotatable bonds is 9. The van der Waals surface area contributed by atoms with Crippen molar-refractivity contribution in [1.82, 2.24) is 0 Å². The van der Waals surface area contributed by atoms with Crippen molar-refractivity contribution in [3.8, 4) is 36.0 Å². The van der Waals surface area contributed by atoms with Crippen molar-refractivity contribution in [2.45, 2.75) is 19.8 Å². The lowest BCUT2D eigenvalue weighted by molar-refractivity contribution is 0.144. The molecular weight excluding hydrogens is 320 g/mol. The molecule has 0 unspecified atom stereocenters. The Morgan fingerprint density at radius 2 is 1.08 bits per heavy atom. The van der Waals surface area contributed by atoms with Crippen molar-refractivity contribution in [2.24, 2.45) is 0 Å². The summed E-state index contributed by atoms with van der Waals surface area (Å²) in [4.78, 5) is 0. The van der Waals surface area contributed by atoms with Gasteiger partial charge in [0.15, 0.2) is 0 Å². The smallest absolute Gasteiger partial charge is 0.108 e. The van der Waals surface area contributed by atoms with Crippen LogP contribution >= 0.6 is 0 Å². The fraction of sp³-hybridized carbons (Fsp3) is 0.400. The van der Waals surface area contributed by atoms with Gasteiger partial charge >= 0.3 is 0 Å². The van der Waals surface area contributed by atoms with Gasteiger partial charge < -0.3 is 24.4 Å². The molecule has 5 nitrogen and oxygen atoms in total. The molecule has 2 N–H and O–H groups in total. The second-order valence-electron chi connectivity index (χ2n) is 4.86. The van der Waals surface area contributed by atoms with E-state index in [1.54, 1.807) is 0 Å². The molecule has 25 heavy (non-hydrogen) atoms. The van der Waals surface area contributed by atoms with E-state index in [0.717, 1.165) is 16.7 Å².